The van der Waals surface area contributed by atoms with Crippen LogP contribution in [0.3, 0.4) is 0 Å². The molecule has 8 heteroatoms. The van der Waals surface area contributed by atoms with Crippen LogP contribution in [0.1, 0.15) is 18.4 Å². The molecule has 1 fully saturated rings. The van der Waals surface area contributed by atoms with Crippen LogP contribution in [0.4, 0.5) is 10.2 Å². The van der Waals surface area contributed by atoms with Gasteiger partial charge in [0.05, 0.1) is 6.20 Å². The molecule has 2 aromatic heterocycles. The van der Waals surface area contributed by atoms with Crippen molar-refractivity contribution in [3.63, 3.8) is 0 Å². The molecule has 0 amide bonds. The van der Waals surface area contributed by atoms with Crippen LogP contribution in [0.2, 0.25) is 0 Å². The fourth-order valence-electron chi connectivity index (χ4n) is 3.17. The number of anilines is 1. The number of aromatic nitrogens is 3. The van der Waals surface area contributed by atoms with E-state index in [-0.39, 0.29) is 11.9 Å². The number of aliphatic imine (C=N–C) groups is 1. The van der Waals surface area contributed by atoms with Gasteiger partial charge in [0.25, 0.3) is 0 Å². The summed E-state index contributed by atoms with van der Waals surface area (Å²) >= 11 is 0. The van der Waals surface area contributed by atoms with E-state index in [1.165, 1.54) is 11.6 Å². The van der Waals surface area contributed by atoms with E-state index in [1.54, 1.807) is 19.3 Å². The second kappa shape index (κ2) is 8.64. The smallest absolute Gasteiger partial charge is 0.191 e. The van der Waals surface area contributed by atoms with E-state index in [9.17, 15) is 4.39 Å². The Morgan fingerprint density at radius 2 is 2.35 bits per heavy atom. The fraction of sp³-hybridized carbons (Fsp3) is 0.500. The monoisotopic (exact) mass is 359 g/mol. The Kier molecular flexibility index (Phi) is 6.04. The average Bonchev–Trinajstić information content (AvgIpc) is 3.27. The standard InChI is InChI=1S/C18H26FN7/c1-20-18(22-9-3-5-14-11-23-25(2)12-14)24-15-7-10-26(13-15)17-16(19)6-4-8-21-17/h4,6,8,11-12,15H,3,5,7,9-10,13H2,1-2H3,(H2,20,22,24). The molecule has 1 unspecified atom stereocenters. The molecule has 0 spiro atoms. The second-order valence-corrected chi connectivity index (χ2v) is 6.51. The predicted octanol–water partition coefficient (Wildman–Crippen LogP) is 1.33. The molecule has 1 aliphatic heterocycles. The number of aryl methyl sites for hydroxylation is 2. The first-order valence-electron chi connectivity index (χ1n) is 8.96. The van der Waals surface area contributed by atoms with Gasteiger partial charge < -0.3 is 15.5 Å². The largest absolute Gasteiger partial charge is 0.356 e. The van der Waals surface area contributed by atoms with E-state index < -0.39 is 0 Å². The third-order valence-corrected chi connectivity index (χ3v) is 4.48. The summed E-state index contributed by atoms with van der Waals surface area (Å²) in [6.07, 6.45) is 8.47. The molecule has 0 saturated carbocycles. The van der Waals surface area contributed by atoms with Gasteiger partial charge in [-0.25, -0.2) is 9.37 Å². The number of halogens is 1. The molecule has 0 radical (unpaired) electrons. The normalized spacial score (nSPS) is 17.6. The molecule has 0 aromatic carbocycles. The number of rotatable bonds is 6. The topological polar surface area (TPSA) is 70.4 Å². The van der Waals surface area contributed by atoms with Gasteiger partial charge in [0.1, 0.15) is 0 Å². The molecule has 3 heterocycles. The fourth-order valence-corrected chi connectivity index (χ4v) is 3.17. The lowest BCUT2D eigenvalue weighted by atomic mass is 10.2. The van der Waals surface area contributed by atoms with Crippen molar-refractivity contribution < 1.29 is 4.39 Å². The average molecular weight is 359 g/mol. The van der Waals surface area contributed by atoms with Gasteiger partial charge >= 0.3 is 0 Å². The van der Waals surface area contributed by atoms with Crippen molar-refractivity contribution in [2.75, 3.05) is 31.6 Å². The zero-order valence-electron chi connectivity index (χ0n) is 15.3. The Labute approximate surface area is 153 Å². The van der Waals surface area contributed by atoms with Crippen LogP contribution in [-0.4, -0.2) is 53.4 Å². The quantitative estimate of drug-likeness (QED) is 0.463. The van der Waals surface area contributed by atoms with Crippen LogP contribution in [0, 0.1) is 5.82 Å². The second-order valence-electron chi connectivity index (χ2n) is 6.51. The zero-order valence-corrected chi connectivity index (χ0v) is 15.3. The first-order chi connectivity index (χ1) is 12.7. The molecule has 2 aromatic rings. The van der Waals surface area contributed by atoms with Crippen molar-refractivity contribution >= 4 is 11.8 Å². The molecule has 140 valence electrons. The minimum Gasteiger partial charge on any atom is -0.356 e. The van der Waals surface area contributed by atoms with Crippen LogP contribution in [0.25, 0.3) is 0 Å². The zero-order chi connectivity index (χ0) is 18.4. The summed E-state index contributed by atoms with van der Waals surface area (Å²) in [6.45, 7) is 2.33. The summed E-state index contributed by atoms with van der Waals surface area (Å²) in [5.41, 5.74) is 1.24. The predicted molar refractivity (Wildman–Crippen MR) is 101 cm³/mol. The van der Waals surface area contributed by atoms with Gasteiger partial charge in [-0.15, -0.1) is 0 Å². The summed E-state index contributed by atoms with van der Waals surface area (Å²) in [4.78, 5) is 10.4. The van der Waals surface area contributed by atoms with Crippen LogP contribution < -0.4 is 15.5 Å². The van der Waals surface area contributed by atoms with Crippen molar-refractivity contribution in [3.05, 3.63) is 42.1 Å². The van der Waals surface area contributed by atoms with Gasteiger partial charge in [0, 0.05) is 52.2 Å². The highest BCUT2D eigenvalue weighted by Crippen LogP contribution is 2.20. The SMILES string of the molecule is CN=C(NCCCc1cnn(C)c1)NC1CCN(c2ncccc2F)C1. The third kappa shape index (κ3) is 4.71. The number of hydrogen-bond donors (Lipinski definition) is 2. The van der Waals surface area contributed by atoms with Crippen molar-refractivity contribution in [1.82, 2.24) is 25.4 Å². The molecule has 0 bridgehead atoms. The maximum atomic E-state index is 13.9. The molecule has 3 rings (SSSR count). The van der Waals surface area contributed by atoms with Crippen molar-refractivity contribution in [1.29, 1.82) is 0 Å². The highest BCUT2D eigenvalue weighted by Gasteiger charge is 2.25. The Bertz CT molecular complexity index is 743. The molecular weight excluding hydrogens is 333 g/mol. The number of nitrogens with zero attached hydrogens (tertiary/aromatic N) is 5. The summed E-state index contributed by atoms with van der Waals surface area (Å²) in [7, 11) is 3.69. The van der Waals surface area contributed by atoms with E-state index >= 15 is 0 Å². The molecule has 2 N–H and O–H groups in total. The Morgan fingerprint density at radius 3 is 3.08 bits per heavy atom. The molecular formula is C18H26FN7. The van der Waals surface area contributed by atoms with Crippen LogP contribution in [-0.2, 0) is 13.5 Å². The van der Waals surface area contributed by atoms with Crippen LogP contribution >= 0.6 is 0 Å². The van der Waals surface area contributed by atoms with Gasteiger partial charge in [-0.05, 0) is 37.0 Å². The molecule has 1 saturated heterocycles. The minimum atomic E-state index is -0.272. The van der Waals surface area contributed by atoms with Crippen molar-refractivity contribution in [2.45, 2.75) is 25.3 Å². The molecule has 7 nitrogen and oxygen atoms in total. The molecule has 1 atom stereocenters. The van der Waals surface area contributed by atoms with Crippen LogP contribution in [0.5, 0.6) is 0 Å². The maximum absolute atomic E-state index is 13.9. The van der Waals surface area contributed by atoms with E-state index in [0.717, 1.165) is 38.3 Å². The van der Waals surface area contributed by atoms with Crippen molar-refractivity contribution in [3.8, 4) is 0 Å². The lowest BCUT2D eigenvalue weighted by Crippen LogP contribution is -2.45. The van der Waals surface area contributed by atoms with Gasteiger partial charge in [0.15, 0.2) is 17.6 Å². The van der Waals surface area contributed by atoms with E-state index in [4.69, 9.17) is 0 Å². The molecule has 26 heavy (non-hydrogen) atoms. The number of hydrogen-bond acceptors (Lipinski definition) is 4. The van der Waals surface area contributed by atoms with E-state index in [1.807, 2.05) is 29.0 Å². The minimum absolute atomic E-state index is 0.223. The maximum Gasteiger partial charge on any atom is 0.191 e. The van der Waals surface area contributed by atoms with Gasteiger partial charge in [0.2, 0.25) is 0 Å². The summed E-state index contributed by atoms with van der Waals surface area (Å²) in [5, 5.41) is 10.9. The van der Waals surface area contributed by atoms with Crippen LogP contribution in [0.15, 0.2) is 35.7 Å². The van der Waals surface area contributed by atoms with Gasteiger partial charge in [-0.1, -0.05) is 0 Å². The molecule has 0 aliphatic carbocycles. The number of nitrogens with one attached hydrogen (secondary N) is 2. The highest BCUT2D eigenvalue weighted by atomic mass is 19.1. The lowest BCUT2D eigenvalue weighted by molar-refractivity contribution is 0.612. The highest BCUT2D eigenvalue weighted by molar-refractivity contribution is 5.80. The van der Waals surface area contributed by atoms with E-state index in [0.29, 0.717) is 12.4 Å². The Balaban J connectivity index is 1.42. The first kappa shape index (κ1) is 18.2. The van der Waals surface area contributed by atoms with Gasteiger partial charge in [-0.3, -0.25) is 9.67 Å². The van der Waals surface area contributed by atoms with E-state index in [2.05, 4.69) is 25.7 Å². The summed E-state index contributed by atoms with van der Waals surface area (Å²) in [5.74, 6) is 0.937. The number of guanidine groups is 1. The number of pyridine rings is 1. The van der Waals surface area contributed by atoms with Gasteiger partial charge in [-0.2, -0.15) is 5.10 Å². The summed E-state index contributed by atoms with van der Waals surface area (Å²) < 4.78 is 15.7. The first-order valence-corrected chi connectivity index (χ1v) is 8.96. The van der Waals surface area contributed by atoms with Crippen molar-refractivity contribution in [2.24, 2.45) is 12.0 Å². The third-order valence-electron chi connectivity index (χ3n) is 4.48. The lowest BCUT2D eigenvalue weighted by Gasteiger charge is -2.20. The Morgan fingerprint density at radius 1 is 1.46 bits per heavy atom. The molecule has 1 aliphatic rings. The summed E-state index contributed by atoms with van der Waals surface area (Å²) in [6, 6.07) is 3.29. The Hall–Kier alpha value is -2.64.